The molecule has 0 bridgehead atoms. The van der Waals surface area contributed by atoms with E-state index < -0.39 is 34.4 Å². The van der Waals surface area contributed by atoms with Crippen LogP contribution in [0.4, 0.5) is 19.0 Å². The zero-order chi connectivity index (χ0) is 24.0. The van der Waals surface area contributed by atoms with Crippen molar-refractivity contribution in [1.29, 1.82) is 0 Å². The third-order valence-electron chi connectivity index (χ3n) is 6.38. The summed E-state index contributed by atoms with van der Waals surface area (Å²) in [5, 5.41) is 12.4. The van der Waals surface area contributed by atoms with Crippen LogP contribution in [0.25, 0.3) is 16.7 Å². The van der Waals surface area contributed by atoms with E-state index >= 15 is 4.39 Å². The molecule has 0 radical (unpaired) electrons. The lowest BCUT2D eigenvalue weighted by molar-refractivity contribution is 0.0695. The molecular formula is C23H23F3N4O3. The van der Waals surface area contributed by atoms with Gasteiger partial charge in [0, 0.05) is 37.0 Å². The lowest BCUT2D eigenvalue weighted by atomic mass is 10.0. The Morgan fingerprint density at radius 1 is 1.30 bits per heavy atom. The van der Waals surface area contributed by atoms with E-state index in [1.807, 2.05) is 14.0 Å². The van der Waals surface area contributed by atoms with Gasteiger partial charge in [0.05, 0.1) is 11.1 Å². The number of nitrogens with zero attached hydrogens (tertiary/aromatic N) is 3. The summed E-state index contributed by atoms with van der Waals surface area (Å²) in [7, 11) is 1.85. The van der Waals surface area contributed by atoms with E-state index in [9.17, 15) is 23.5 Å². The molecule has 3 aromatic rings. The van der Waals surface area contributed by atoms with Crippen molar-refractivity contribution in [1.82, 2.24) is 14.9 Å². The second-order valence-corrected chi connectivity index (χ2v) is 8.29. The number of hydrogen-bond acceptors (Lipinski definition) is 5. The smallest absolute Gasteiger partial charge is 0.341 e. The van der Waals surface area contributed by atoms with Gasteiger partial charge in [-0.15, -0.1) is 0 Å². The van der Waals surface area contributed by atoms with Gasteiger partial charge in [0.25, 0.3) is 0 Å². The molecular weight excluding hydrogens is 437 g/mol. The molecule has 2 atom stereocenters. The predicted molar refractivity (Wildman–Crippen MR) is 118 cm³/mol. The summed E-state index contributed by atoms with van der Waals surface area (Å²) in [5.74, 6) is -3.83. The lowest BCUT2D eigenvalue weighted by Gasteiger charge is -2.23. The number of halogens is 3. The van der Waals surface area contributed by atoms with Crippen LogP contribution in [0.3, 0.4) is 0 Å². The monoisotopic (exact) mass is 460 g/mol. The van der Waals surface area contributed by atoms with Gasteiger partial charge >= 0.3 is 5.97 Å². The molecule has 0 amide bonds. The number of aromatic nitrogens is 2. The van der Waals surface area contributed by atoms with Crippen LogP contribution in [0.2, 0.25) is 0 Å². The van der Waals surface area contributed by atoms with E-state index in [4.69, 9.17) is 0 Å². The second kappa shape index (κ2) is 8.51. The first kappa shape index (κ1) is 22.8. The zero-order valence-corrected chi connectivity index (χ0v) is 18.3. The van der Waals surface area contributed by atoms with Crippen molar-refractivity contribution in [2.24, 2.45) is 5.92 Å². The maximum atomic E-state index is 15.4. The Balaban J connectivity index is 2.00. The molecule has 2 aromatic heterocycles. The van der Waals surface area contributed by atoms with Crippen LogP contribution in [-0.2, 0) is 0 Å². The highest BCUT2D eigenvalue weighted by Gasteiger charge is 2.31. The first-order chi connectivity index (χ1) is 15.6. The van der Waals surface area contributed by atoms with Crippen LogP contribution in [-0.4, -0.2) is 46.8 Å². The van der Waals surface area contributed by atoms with Gasteiger partial charge < -0.3 is 15.3 Å². The minimum absolute atomic E-state index is 0.00421. The Hall–Kier alpha value is -3.40. The molecule has 1 aliphatic heterocycles. The number of carboxylic acid groups (broad SMARTS) is 1. The Morgan fingerprint density at radius 2 is 2.03 bits per heavy atom. The molecule has 0 spiro atoms. The van der Waals surface area contributed by atoms with Crippen molar-refractivity contribution in [3.05, 3.63) is 63.2 Å². The van der Waals surface area contributed by atoms with Gasteiger partial charge in [-0.3, -0.25) is 9.36 Å². The van der Waals surface area contributed by atoms with Crippen molar-refractivity contribution in [2.45, 2.75) is 26.3 Å². The van der Waals surface area contributed by atoms with Gasteiger partial charge in [-0.25, -0.2) is 22.9 Å². The molecule has 0 aliphatic carbocycles. The highest BCUT2D eigenvalue weighted by molar-refractivity contribution is 5.93. The van der Waals surface area contributed by atoms with Crippen LogP contribution in [0.15, 0.2) is 29.2 Å². The summed E-state index contributed by atoms with van der Waals surface area (Å²) in [6.45, 7) is 4.46. The molecule has 1 aromatic carbocycles. The van der Waals surface area contributed by atoms with Gasteiger partial charge in [-0.2, -0.15) is 0 Å². The normalized spacial score (nSPS) is 17.0. The highest BCUT2D eigenvalue weighted by Crippen LogP contribution is 2.31. The number of aryl methyl sites for hydroxylation is 1. The molecule has 1 aliphatic rings. The number of carboxylic acids is 1. The molecule has 2 N–H and O–H groups in total. The molecule has 2 unspecified atom stereocenters. The Morgan fingerprint density at radius 3 is 2.67 bits per heavy atom. The van der Waals surface area contributed by atoms with Gasteiger partial charge in [0.2, 0.25) is 5.43 Å². The minimum atomic E-state index is -1.55. The average Bonchev–Trinajstić information content (AvgIpc) is 3.26. The fraction of sp³-hybridized carbons (Fsp3) is 0.348. The van der Waals surface area contributed by atoms with E-state index in [0.29, 0.717) is 19.2 Å². The highest BCUT2D eigenvalue weighted by atomic mass is 19.1. The van der Waals surface area contributed by atoms with Crippen molar-refractivity contribution < 1.29 is 23.1 Å². The Kier molecular flexibility index (Phi) is 5.87. The third-order valence-corrected chi connectivity index (χ3v) is 6.38. The third kappa shape index (κ3) is 3.84. The predicted octanol–water partition coefficient (Wildman–Crippen LogP) is 3.24. The molecule has 10 heteroatoms. The van der Waals surface area contributed by atoms with Gasteiger partial charge in [-0.05, 0) is 45.4 Å². The van der Waals surface area contributed by atoms with Crippen LogP contribution in [0, 0.1) is 30.3 Å². The summed E-state index contributed by atoms with van der Waals surface area (Å²) in [6, 6.07) is 2.95. The first-order valence-corrected chi connectivity index (χ1v) is 10.5. The van der Waals surface area contributed by atoms with E-state index in [2.05, 4.69) is 10.3 Å². The summed E-state index contributed by atoms with van der Waals surface area (Å²) in [4.78, 5) is 30.7. The maximum absolute atomic E-state index is 15.4. The van der Waals surface area contributed by atoms with Gasteiger partial charge in [-0.1, -0.05) is 0 Å². The fourth-order valence-corrected chi connectivity index (χ4v) is 4.33. The van der Waals surface area contributed by atoms with Gasteiger partial charge in [0.15, 0.2) is 17.3 Å². The van der Waals surface area contributed by atoms with Gasteiger partial charge in [0.1, 0.15) is 17.2 Å². The molecule has 174 valence electrons. The van der Waals surface area contributed by atoms with Crippen molar-refractivity contribution >= 4 is 22.8 Å². The van der Waals surface area contributed by atoms with Crippen LogP contribution >= 0.6 is 0 Å². The molecule has 7 nitrogen and oxygen atoms in total. The quantitative estimate of drug-likeness (QED) is 0.608. The minimum Gasteiger partial charge on any atom is -0.477 e. The van der Waals surface area contributed by atoms with E-state index in [1.54, 1.807) is 4.90 Å². The number of carbonyl (C=O) groups is 1. The second-order valence-electron chi connectivity index (χ2n) is 8.29. The lowest BCUT2D eigenvalue weighted by Crippen LogP contribution is -2.33. The van der Waals surface area contributed by atoms with E-state index in [-0.39, 0.29) is 40.1 Å². The summed E-state index contributed by atoms with van der Waals surface area (Å²) >= 11 is 0. The molecule has 3 heterocycles. The van der Waals surface area contributed by atoms with Crippen LogP contribution in [0.5, 0.6) is 0 Å². The number of anilines is 1. The number of benzene rings is 1. The Labute approximate surface area is 187 Å². The van der Waals surface area contributed by atoms with Crippen molar-refractivity contribution in [3.8, 4) is 5.69 Å². The van der Waals surface area contributed by atoms with E-state index in [0.717, 1.165) is 29.3 Å². The molecule has 33 heavy (non-hydrogen) atoms. The largest absolute Gasteiger partial charge is 0.477 e. The van der Waals surface area contributed by atoms with Crippen LogP contribution < -0.4 is 15.6 Å². The number of pyridine rings is 2. The van der Waals surface area contributed by atoms with Crippen LogP contribution in [0.1, 0.15) is 29.3 Å². The summed E-state index contributed by atoms with van der Waals surface area (Å²) in [6.07, 6.45) is 1.74. The number of hydrogen-bond donors (Lipinski definition) is 2. The Bertz CT molecular complexity index is 1320. The number of nitrogens with one attached hydrogen (secondary N) is 1. The van der Waals surface area contributed by atoms with Crippen molar-refractivity contribution in [2.75, 3.05) is 25.0 Å². The number of fused-ring (bicyclic) bond motifs is 1. The molecule has 1 fully saturated rings. The summed E-state index contributed by atoms with van der Waals surface area (Å²) < 4.78 is 44.6. The standard InChI is InChI=1S/C23H23F3N4O3/c1-11-18-20(31)15(23(32)33)10-30(17-5-4-14(24)8-16(17)25)21(18)28-22(19(11)26)29-7-6-13(9-29)12(2)27-3/h4-5,8,10,12-13,27H,6-7,9H2,1-3H3,(H,32,33). The fourth-order valence-electron chi connectivity index (χ4n) is 4.33. The average molecular weight is 460 g/mol. The molecule has 1 saturated heterocycles. The summed E-state index contributed by atoms with van der Waals surface area (Å²) in [5.41, 5.74) is -1.99. The first-order valence-electron chi connectivity index (χ1n) is 10.5. The van der Waals surface area contributed by atoms with E-state index in [1.165, 1.54) is 6.92 Å². The van der Waals surface area contributed by atoms with Crippen molar-refractivity contribution in [3.63, 3.8) is 0 Å². The topological polar surface area (TPSA) is 87.5 Å². The maximum Gasteiger partial charge on any atom is 0.341 e. The molecule has 0 saturated carbocycles. The zero-order valence-electron chi connectivity index (χ0n) is 18.3. The number of aromatic carboxylic acids is 1. The SMILES string of the molecule is CNC(C)C1CCN(c2nc3c(c(C)c2F)c(=O)c(C(=O)O)cn3-c2ccc(F)cc2F)C1. The number of rotatable bonds is 5. The molecule has 4 rings (SSSR count).